The molecule has 8 heteroatoms. The van der Waals surface area contributed by atoms with Gasteiger partial charge in [0.05, 0.1) is 23.2 Å². The summed E-state index contributed by atoms with van der Waals surface area (Å²) in [6.45, 7) is 1.63. The number of aromatic amines is 1. The lowest BCUT2D eigenvalue weighted by Crippen LogP contribution is -2.38. The summed E-state index contributed by atoms with van der Waals surface area (Å²) >= 11 is 12.0. The van der Waals surface area contributed by atoms with Gasteiger partial charge in [0, 0.05) is 6.20 Å². The summed E-state index contributed by atoms with van der Waals surface area (Å²) in [5.41, 5.74) is -1.17. The highest BCUT2D eigenvalue weighted by atomic mass is 35.5. The fourth-order valence-electron chi connectivity index (χ4n) is 1.85. The van der Waals surface area contributed by atoms with Crippen LogP contribution in [0.5, 0.6) is 0 Å². The van der Waals surface area contributed by atoms with Crippen LogP contribution in [-0.4, -0.2) is 22.1 Å². The summed E-state index contributed by atoms with van der Waals surface area (Å²) in [6, 6.07) is 4.88. The Balaban J connectivity index is 2.50. The SMILES string of the molecule is CCOC(=O)c1c[nH]c(=O)n(Cc2cccc(Cl)c2Cl)c1=O. The molecule has 22 heavy (non-hydrogen) atoms. The van der Waals surface area contributed by atoms with E-state index in [1.165, 1.54) is 0 Å². The molecular weight excluding hydrogens is 331 g/mol. The number of ether oxygens (including phenoxy) is 1. The van der Waals surface area contributed by atoms with Gasteiger partial charge in [0.2, 0.25) is 0 Å². The van der Waals surface area contributed by atoms with Crippen LogP contribution in [0.1, 0.15) is 22.8 Å². The number of halogens is 2. The minimum Gasteiger partial charge on any atom is -0.462 e. The molecule has 0 radical (unpaired) electrons. The predicted octanol–water partition coefficient (Wildman–Crippen LogP) is 2.07. The van der Waals surface area contributed by atoms with Crippen LogP contribution >= 0.6 is 23.2 Å². The van der Waals surface area contributed by atoms with E-state index in [4.69, 9.17) is 27.9 Å². The number of hydrogen-bond donors (Lipinski definition) is 1. The smallest absolute Gasteiger partial charge is 0.345 e. The fourth-order valence-corrected chi connectivity index (χ4v) is 2.23. The molecular formula is C14H12Cl2N2O4. The Kier molecular flexibility index (Phi) is 5.05. The lowest BCUT2D eigenvalue weighted by atomic mass is 10.2. The Bertz CT molecular complexity index is 826. The molecule has 0 fully saturated rings. The lowest BCUT2D eigenvalue weighted by molar-refractivity contribution is 0.0522. The van der Waals surface area contributed by atoms with Gasteiger partial charge in [-0.05, 0) is 18.6 Å². The third-order valence-corrected chi connectivity index (χ3v) is 3.77. The van der Waals surface area contributed by atoms with E-state index < -0.39 is 17.2 Å². The summed E-state index contributed by atoms with van der Waals surface area (Å²) in [4.78, 5) is 38.2. The first-order valence-electron chi connectivity index (χ1n) is 6.38. The van der Waals surface area contributed by atoms with Crippen molar-refractivity contribution in [2.45, 2.75) is 13.5 Å². The summed E-state index contributed by atoms with van der Waals surface area (Å²) in [5.74, 6) is -0.797. The number of aromatic nitrogens is 2. The van der Waals surface area contributed by atoms with Gasteiger partial charge in [-0.3, -0.25) is 9.36 Å². The van der Waals surface area contributed by atoms with E-state index in [1.54, 1.807) is 25.1 Å². The molecule has 0 atom stereocenters. The number of nitrogens with zero attached hydrogens (tertiary/aromatic N) is 1. The standard InChI is InChI=1S/C14H12Cl2N2O4/c1-2-22-13(20)9-6-17-14(21)18(12(9)19)7-8-4-3-5-10(15)11(8)16/h3-6H,2,7H2,1H3,(H,17,21). The molecule has 0 unspecified atom stereocenters. The molecule has 0 aliphatic carbocycles. The number of esters is 1. The quantitative estimate of drug-likeness (QED) is 0.862. The van der Waals surface area contributed by atoms with Gasteiger partial charge in [-0.1, -0.05) is 35.3 Å². The van der Waals surface area contributed by atoms with E-state index in [9.17, 15) is 14.4 Å². The second-order valence-corrected chi connectivity index (χ2v) is 5.12. The molecule has 0 aliphatic heterocycles. The number of hydrogen-bond acceptors (Lipinski definition) is 4. The molecule has 2 rings (SSSR count). The topological polar surface area (TPSA) is 81.2 Å². The Morgan fingerprint density at radius 2 is 2.05 bits per heavy atom. The number of nitrogens with one attached hydrogen (secondary N) is 1. The highest BCUT2D eigenvalue weighted by Crippen LogP contribution is 2.25. The molecule has 1 heterocycles. The van der Waals surface area contributed by atoms with E-state index in [0.717, 1.165) is 10.8 Å². The number of H-pyrrole nitrogens is 1. The number of benzene rings is 1. The minimum atomic E-state index is -0.797. The summed E-state index contributed by atoms with van der Waals surface area (Å²) in [7, 11) is 0. The average molecular weight is 343 g/mol. The van der Waals surface area contributed by atoms with Crippen molar-refractivity contribution in [3.8, 4) is 0 Å². The molecule has 0 amide bonds. The largest absolute Gasteiger partial charge is 0.462 e. The van der Waals surface area contributed by atoms with Gasteiger partial charge in [0.15, 0.2) is 0 Å². The zero-order valence-electron chi connectivity index (χ0n) is 11.6. The average Bonchev–Trinajstić information content (AvgIpc) is 2.48. The molecule has 0 bridgehead atoms. The lowest BCUT2D eigenvalue weighted by Gasteiger charge is -2.09. The van der Waals surface area contributed by atoms with Gasteiger partial charge < -0.3 is 9.72 Å². The number of carbonyl (C=O) groups excluding carboxylic acids is 1. The van der Waals surface area contributed by atoms with Crippen LogP contribution < -0.4 is 11.2 Å². The van der Waals surface area contributed by atoms with Gasteiger partial charge in [0.1, 0.15) is 5.56 Å². The van der Waals surface area contributed by atoms with Crippen LogP contribution in [0.25, 0.3) is 0 Å². The number of carbonyl (C=O) groups is 1. The first kappa shape index (κ1) is 16.3. The molecule has 0 spiro atoms. The van der Waals surface area contributed by atoms with Crippen LogP contribution in [-0.2, 0) is 11.3 Å². The fraction of sp³-hybridized carbons (Fsp3) is 0.214. The van der Waals surface area contributed by atoms with Crippen molar-refractivity contribution in [3.63, 3.8) is 0 Å². The van der Waals surface area contributed by atoms with E-state index >= 15 is 0 Å². The maximum Gasteiger partial charge on any atom is 0.345 e. The molecule has 0 saturated carbocycles. The van der Waals surface area contributed by atoms with E-state index in [1.807, 2.05) is 0 Å². The first-order chi connectivity index (χ1) is 10.5. The van der Waals surface area contributed by atoms with E-state index in [2.05, 4.69) is 4.98 Å². The molecule has 1 aromatic heterocycles. The van der Waals surface area contributed by atoms with Crippen LogP contribution in [0.3, 0.4) is 0 Å². The van der Waals surface area contributed by atoms with Crippen molar-refractivity contribution < 1.29 is 9.53 Å². The van der Waals surface area contributed by atoms with Crippen molar-refractivity contribution in [3.05, 3.63) is 66.4 Å². The van der Waals surface area contributed by atoms with Gasteiger partial charge in [-0.2, -0.15) is 0 Å². The second kappa shape index (κ2) is 6.81. The van der Waals surface area contributed by atoms with E-state index in [0.29, 0.717) is 10.6 Å². The molecule has 1 aromatic carbocycles. The molecule has 1 N–H and O–H groups in total. The van der Waals surface area contributed by atoms with Gasteiger partial charge in [-0.25, -0.2) is 9.59 Å². The Morgan fingerprint density at radius 1 is 1.32 bits per heavy atom. The van der Waals surface area contributed by atoms with Crippen molar-refractivity contribution in [1.29, 1.82) is 0 Å². The van der Waals surface area contributed by atoms with Crippen LogP contribution in [0.15, 0.2) is 34.0 Å². The van der Waals surface area contributed by atoms with Gasteiger partial charge in [-0.15, -0.1) is 0 Å². The maximum absolute atomic E-state index is 12.3. The first-order valence-corrected chi connectivity index (χ1v) is 7.13. The van der Waals surface area contributed by atoms with Gasteiger partial charge >= 0.3 is 11.7 Å². The Labute approximate surface area is 135 Å². The van der Waals surface area contributed by atoms with Gasteiger partial charge in [0.25, 0.3) is 5.56 Å². The molecule has 0 aliphatic rings. The molecule has 116 valence electrons. The maximum atomic E-state index is 12.3. The summed E-state index contributed by atoms with van der Waals surface area (Å²) in [6.07, 6.45) is 1.04. The van der Waals surface area contributed by atoms with E-state index in [-0.39, 0.29) is 23.7 Å². The zero-order valence-corrected chi connectivity index (χ0v) is 13.1. The van der Waals surface area contributed by atoms with Crippen molar-refractivity contribution >= 4 is 29.2 Å². The van der Waals surface area contributed by atoms with Crippen molar-refractivity contribution in [2.24, 2.45) is 0 Å². The Hall–Kier alpha value is -2.05. The van der Waals surface area contributed by atoms with Crippen molar-refractivity contribution in [1.82, 2.24) is 9.55 Å². The predicted molar refractivity (Wildman–Crippen MR) is 82.8 cm³/mol. The second-order valence-electron chi connectivity index (χ2n) is 4.33. The third kappa shape index (κ3) is 3.23. The summed E-state index contributed by atoms with van der Waals surface area (Å²) < 4.78 is 5.64. The zero-order chi connectivity index (χ0) is 16.3. The minimum absolute atomic E-state index is 0.110. The normalized spacial score (nSPS) is 10.5. The Morgan fingerprint density at radius 3 is 2.73 bits per heavy atom. The highest BCUT2D eigenvalue weighted by Gasteiger charge is 2.16. The monoisotopic (exact) mass is 342 g/mol. The third-order valence-electron chi connectivity index (χ3n) is 2.92. The number of rotatable bonds is 4. The molecule has 0 saturated heterocycles. The van der Waals surface area contributed by atoms with Crippen molar-refractivity contribution in [2.75, 3.05) is 6.61 Å². The van der Waals surface area contributed by atoms with Crippen LogP contribution in [0.2, 0.25) is 10.0 Å². The molecule has 6 nitrogen and oxygen atoms in total. The summed E-state index contributed by atoms with van der Waals surface area (Å²) in [5, 5.41) is 0.558. The van der Waals surface area contributed by atoms with Crippen LogP contribution in [0.4, 0.5) is 0 Å². The van der Waals surface area contributed by atoms with Crippen LogP contribution in [0, 0.1) is 0 Å². The highest BCUT2D eigenvalue weighted by molar-refractivity contribution is 6.42. The molecule has 2 aromatic rings.